The predicted octanol–water partition coefficient (Wildman–Crippen LogP) is 1.54. The molecule has 1 rings (SSSR count). The third-order valence-corrected chi connectivity index (χ3v) is 3.54. The maximum atomic E-state index is 13.6. The van der Waals surface area contributed by atoms with Gasteiger partial charge < -0.3 is 5.32 Å². The van der Waals surface area contributed by atoms with E-state index in [2.05, 4.69) is 5.32 Å². The summed E-state index contributed by atoms with van der Waals surface area (Å²) in [4.78, 5) is 0. The maximum Gasteiger partial charge on any atom is 0.209 e. The van der Waals surface area contributed by atoms with Crippen molar-refractivity contribution in [3.63, 3.8) is 0 Å². The molecule has 3 N–H and O–H groups in total. The largest absolute Gasteiger partial charge is 0.310 e. The average molecular weight is 274 g/mol. The van der Waals surface area contributed by atoms with E-state index in [1.54, 1.807) is 18.2 Å². The van der Waals surface area contributed by atoms with Gasteiger partial charge in [-0.25, -0.2) is 17.9 Å². The average Bonchev–Trinajstić information content (AvgIpc) is 2.29. The lowest BCUT2D eigenvalue weighted by Crippen LogP contribution is -2.26. The van der Waals surface area contributed by atoms with Gasteiger partial charge >= 0.3 is 0 Å². The molecule has 1 aromatic carbocycles. The Hall–Kier alpha value is -0.980. The van der Waals surface area contributed by atoms with E-state index in [9.17, 15) is 12.8 Å². The fraction of sp³-hybridized carbons (Fsp3) is 0.500. The van der Waals surface area contributed by atoms with E-state index >= 15 is 0 Å². The second-order valence-corrected chi connectivity index (χ2v) is 5.89. The first-order valence-electron chi connectivity index (χ1n) is 5.92. The maximum absolute atomic E-state index is 13.6. The van der Waals surface area contributed by atoms with Crippen LogP contribution in [0, 0.1) is 5.82 Å². The number of nitrogens with two attached hydrogens (primary N) is 1. The fourth-order valence-corrected chi connectivity index (χ4v) is 2.33. The van der Waals surface area contributed by atoms with Gasteiger partial charge in [0, 0.05) is 11.6 Å². The van der Waals surface area contributed by atoms with Crippen molar-refractivity contribution in [1.29, 1.82) is 0 Å². The van der Waals surface area contributed by atoms with Gasteiger partial charge in [0.05, 0.1) is 5.75 Å². The summed E-state index contributed by atoms with van der Waals surface area (Å²) < 4.78 is 35.1. The number of primary sulfonamides is 1. The van der Waals surface area contributed by atoms with Gasteiger partial charge in [-0.15, -0.1) is 0 Å². The molecule has 0 aromatic heterocycles. The molecule has 0 radical (unpaired) electrons. The van der Waals surface area contributed by atoms with Crippen molar-refractivity contribution >= 4 is 10.0 Å². The minimum absolute atomic E-state index is 0.0618. The monoisotopic (exact) mass is 274 g/mol. The molecule has 6 heteroatoms. The van der Waals surface area contributed by atoms with Crippen molar-refractivity contribution in [3.8, 4) is 0 Å². The number of rotatable bonds is 7. The van der Waals surface area contributed by atoms with E-state index in [0.717, 1.165) is 6.42 Å². The molecule has 0 aliphatic rings. The first-order valence-corrected chi connectivity index (χ1v) is 7.64. The van der Waals surface area contributed by atoms with Crippen LogP contribution in [-0.4, -0.2) is 20.7 Å². The SMILES string of the molecule is CCC(NCCCS(N)(=O)=O)c1ccccc1F. The summed E-state index contributed by atoms with van der Waals surface area (Å²) in [7, 11) is -3.42. The van der Waals surface area contributed by atoms with Crippen molar-refractivity contribution in [3.05, 3.63) is 35.6 Å². The van der Waals surface area contributed by atoms with E-state index in [4.69, 9.17) is 5.14 Å². The number of nitrogens with one attached hydrogen (secondary N) is 1. The Kier molecular flexibility index (Phi) is 5.71. The van der Waals surface area contributed by atoms with E-state index < -0.39 is 10.0 Å². The number of hydrogen-bond donors (Lipinski definition) is 2. The van der Waals surface area contributed by atoms with Crippen LogP contribution in [0.2, 0.25) is 0 Å². The number of sulfonamides is 1. The Bertz CT molecular complexity index is 477. The van der Waals surface area contributed by atoms with Gasteiger partial charge in [-0.05, 0) is 25.5 Å². The zero-order valence-corrected chi connectivity index (χ0v) is 11.2. The van der Waals surface area contributed by atoms with Gasteiger partial charge in [0.25, 0.3) is 0 Å². The number of hydrogen-bond acceptors (Lipinski definition) is 3. The Labute approximate surface area is 107 Å². The van der Waals surface area contributed by atoms with Crippen molar-refractivity contribution in [2.45, 2.75) is 25.8 Å². The molecule has 0 fully saturated rings. The highest BCUT2D eigenvalue weighted by molar-refractivity contribution is 7.89. The Morgan fingerprint density at radius 1 is 1.39 bits per heavy atom. The molecule has 0 saturated carbocycles. The molecule has 1 unspecified atom stereocenters. The van der Waals surface area contributed by atoms with Gasteiger partial charge in [0.15, 0.2) is 0 Å². The summed E-state index contributed by atoms with van der Waals surface area (Å²) >= 11 is 0. The second kappa shape index (κ2) is 6.82. The molecule has 0 aliphatic carbocycles. The second-order valence-electron chi connectivity index (χ2n) is 4.16. The minimum atomic E-state index is -3.42. The third-order valence-electron chi connectivity index (χ3n) is 2.69. The van der Waals surface area contributed by atoms with Gasteiger partial charge in [0.1, 0.15) is 5.82 Å². The highest BCUT2D eigenvalue weighted by Gasteiger charge is 2.12. The standard InChI is InChI=1S/C12H19FN2O2S/c1-2-12(10-6-3-4-7-11(10)13)15-8-5-9-18(14,16)17/h3-4,6-7,12,15H,2,5,8-9H2,1H3,(H2,14,16,17). The molecule has 1 atom stereocenters. The van der Waals surface area contributed by atoms with Gasteiger partial charge in [-0.3, -0.25) is 0 Å². The van der Waals surface area contributed by atoms with Crippen LogP contribution in [0.25, 0.3) is 0 Å². The van der Waals surface area contributed by atoms with Crippen LogP contribution in [-0.2, 0) is 10.0 Å². The lowest BCUT2D eigenvalue weighted by Gasteiger charge is -2.17. The number of benzene rings is 1. The molecule has 0 saturated heterocycles. The predicted molar refractivity (Wildman–Crippen MR) is 70.0 cm³/mol. The lowest BCUT2D eigenvalue weighted by molar-refractivity contribution is 0.487. The molecular formula is C12H19FN2O2S. The van der Waals surface area contributed by atoms with Crippen molar-refractivity contribution in [2.24, 2.45) is 5.14 Å². The van der Waals surface area contributed by atoms with E-state index in [1.165, 1.54) is 6.07 Å². The smallest absolute Gasteiger partial charge is 0.209 e. The van der Waals surface area contributed by atoms with Crippen LogP contribution in [0.15, 0.2) is 24.3 Å². The molecule has 0 bridgehead atoms. The quantitative estimate of drug-likeness (QED) is 0.741. The Morgan fingerprint density at radius 3 is 2.61 bits per heavy atom. The molecule has 0 amide bonds. The van der Waals surface area contributed by atoms with Crippen LogP contribution in [0.4, 0.5) is 4.39 Å². The normalized spacial score (nSPS) is 13.5. The van der Waals surface area contributed by atoms with Gasteiger partial charge in [-0.2, -0.15) is 0 Å². The van der Waals surface area contributed by atoms with Gasteiger partial charge in [-0.1, -0.05) is 25.1 Å². The molecule has 102 valence electrons. The minimum Gasteiger partial charge on any atom is -0.310 e. The Balaban J connectivity index is 2.51. The molecule has 0 aliphatic heterocycles. The van der Waals surface area contributed by atoms with Gasteiger partial charge in [0.2, 0.25) is 10.0 Å². The van der Waals surface area contributed by atoms with E-state index in [1.807, 2.05) is 6.92 Å². The Morgan fingerprint density at radius 2 is 2.06 bits per heavy atom. The number of halogens is 1. The zero-order valence-electron chi connectivity index (χ0n) is 10.4. The summed E-state index contributed by atoms with van der Waals surface area (Å²) in [5.74, 6) is -0.309. The van der Waals surface area contributed by atoms with Crippen molar-refractivity contribution < 1.29 is 12.8 Å². The molecule has 4 nitrogen and oxygen atoms in total. The molecule has 1 aromatic rings. The highest BCUT2D eigenvalue weighted by Crippen LogP contribution is 2.19. The van der Waals surface area contributed by atoms with E-state index in [-0.39, 0.29) is 17.6 Å². The molecule has 0 heterocycles. The topological polar surface area (TPSA) is 72.2 Å². The van der Waals surface area contributed by atoms with Crippen LogP contribution in [0.1, 0.15) is 31.4 Å². The first kappa shape index (κ1) is 15.1. The van der Waals surface area contributed by atoms with Crippen molar-refractivity contribution in [2.75, 3.05) is 12.3 Å². The summed E-state index contributed by atoms with van der Waals surface area (Å²) in [5, 5.41) is 8.04. The molecule has 18 heavy (non-hydrogen) atoms. The zero-order chi connectivity index (χ0) is 13.6. The van der Waals surface area contributed by atoms with Crippen molar-refractivity contribution in [1.82, 2.24) is 5.32 Å². The fourth-order valence-electron chi connectivity index (χ4n) is 1.78. The molecular weight excluding hydrogens is 255 g/mol. The third kappa shape index (κ3) is 5.12. The van der Waals surface area contributed by atoms with Crippen LogP contribution >= 0.6 is 0 Å². The van der Waals surface area contributed by atoms with Crippen LogP contribution < -0.4 is 10.5 Å². The van der Waals surface area contributed by atoms with Crippen LogP contribution in [0.5, 0.6) is 0 Å². The first-order chi connectivity index (χ1) is 8.44. The summed E-state index contributed by atoms with van der Waals surface area (Å²) in [6.07, 6.45) is 1.15. The lowest BCUT2D eigenvalue weighted by atomic mass is 10.0. The van der Waals surface area contributed by atoms with E-state index in [0.29, 0.717) is 18.5 Å². The highest BCUT2D eigenvalue weighted by atomic mass is 32.2. The van der Waals surface area contributed by atoms with Crippen LogP contribution in [0.3, 0.4) is 0 Å². The molecule has 0 spiro atoms. The summed E-state index contributed by atoms with van der Waals surface area (Å²) in [6.45, 7) is 2.44. The summed E-state index contributed by atoms with van der Waals surface area (Å²) in [5.41, 5.74) is 0.607. The summed E-state index contributed by atoms with van der Waals surface area (Å²) in [6, 6.07) is 6.48.